The second kappa shape index (κ2) is 9.59. The molecule has 1 N–H and O–H groups in total. The molecule has 0 bridgehead atoms. The van der Waals surface area contributed by atoms with E-state index in [-0.39, 0.29) is 23.6 Å². The van der Waals surface area contributed by atoms with Crippen molar-refractivity contribution in [2.24, 2.45) is 11.8 Å². The highest BCUT2D eigenvalue weighted by Crippen LogP contribution is 2.33. The molecule has 1 aliphatic carbocycles. The number of amides is 2. The minimum atomic E-state index is -4.57. The van der Waals surface area contributed by atoms with Crippen LogP contribution in [0.3, 0.4) is 0 Å². The molecule has 0 aromatic heterocycles. The molecule has 4 unspecified atom stereocenters. The summed E-state index contributed by atoms with van der Waals surface area (Å²) in [6.07, 6.45) is -1.28. The van der Waals surface area contributed by atoms with Gasteiger partial charge in [0.15, 0.2) is 0 Å². The maximum atomic E-state index is 13.3. The molecule has 4 atom stereocenters. The second-order valence-electron chi connectivity index (χ2n) is 8.93. The lowest BCUT2D eigenvalue weighted by Gasteiger charge is -2.39. The molecule has 1 aromatic carbocycles. The summed E-state index contributed by atoms with van der Waals surface area (Å²) < 4.78 is 39.8. The first-order valence-corrected chi connectivity index (χ1v) is 11.1. The highest BCUT2D eigenvalue weighted by Gasteiger charge is 2.37. The number of halogens is 3. The number of benzene rings is 1. The van der Waals surface area contributed by atoms with E-state index in [0.717, 1.165) is 18.9 Å². The Hall–Kier alpha value is -2.09. The van der Waals surface area contributed by atoms with Crippen LogP contribution in [0.2, 0.25) is 0 Å². The number of nitrogens with one attached hydrogen (secondary N) is 1. The summed E-state index contributed by atoms with van der Waals surface area (Å²) >= 11 is 0. The van der Waals surface area contributed by atoms with Gasteiger partial charge in [0.2, 0.25) is 5.91 Å². The van der Waals surface area contributed by atoms with E-state index < -0.39 is 17.6 Å². The number of rotatable bonds is 4. The molecule has 1 saturated carbocycles. The van der Waals surface area contributed by atoms with E-state index >= 15 is 0 Å². The van der Waals surface area contributed by atoms with Crippen molar-refractivity contribution in [1.82, 2.24) is 15.1 Å². The van der Waals surface area contributed by atoms with Crippen molar-refractivity contribution >= 4 is 11.8 Å². The van der Waals surface area contributed by atoms with Crippen LogP contribution in [-0.2, 0) is 11.0 Å². The zero-order valence-corrected chi connectivity index (χ0v) is 18.4. The number of hydrogen-bond donors (Lipinski definition) is 1. The summed E-state index contributed by atoms with van der Waals surface area (Å²) in [5, 5.41) is 3.19. The number of alkyl halides is 3. The lowest BCUT2D eigenvalue weighted by molar-refractivity contribution is -0.138. The summed E-state index contributed by atoms with van der Waals surface area (Å²) in [5.41, 5.74) is -1.24. The Kier molecular flexibility index (Phi) is 7.29. The maximum Gasteiger partial charge on any atom is 0.417 e. The molecular formula is C23H32F3N3O2. The average Bonchev–Trinajstić information content (AvgIpc) is 2.75. The Morgan fingerprint density at radius 1 is 1.06 bits per heavy atom. The summed E-state index contributed by atoms with van der Waals surface area (Å²) in [6, 6.07) is 4.72. The Labute approximate surface area is 182 Å². The van der Waals surface area contributed by atoms with Gasteiger partial charge < -0.3 is 10.2 Å². The Morgan fingerprint density at radius 2 is 1.71 bits per heavy atom. The van der Waals surface area contributed by atoms with E-state index in [1.54, 1.807) is 0 Å². The lowest BCUT2D eigenvalue weighted by Crippen LogP contribution is -2.57. The highest BCUT2D eigenvalue weighted by molar-refractivity contribution is 5.96. The highest BCUT2D eigenvalue weighted by atomic mass is 19.4. The molecule has 2 fully saturated rings. The molecule has 1 saturated heterocycles. The quantitative estimate of drug-likeness (QED) is 0.777. The number of hydrogen-bond acceptors (Lipinski definition) is 3. The van der Waals surface area contributed by atoms with Crippen molar-refractivity contribution in [3.63, 3.8) is 0 Å². The SMILES string of the molecule is CC1CCCC(NC(=O)C(C)N2CCN(C(=O)c3ccccc3C(F)(F)F)CC2)C1C. The number of nitrogens with zero attached hydrogens (tertiary/aromatic N) is 2. The first-order chi connectivity index (χ1) is 14.6. The number of carbonyl (C=O) groups excluding carboxylic acids is 2. The van der Waals surface area contributed by atoms with E-state index in [2.05, 4.69) is 19.2 Å². The Morgan fingerprint density at radius 3 is 2.35 bits per heavy atom. The van der Waals surface area contributed by atoms with Gasteiger partial charge in [-0.15, -0.1) is 0 Å². The van der Waals surface area contributed by atoms with E-state index in [1.165, 1.54) is 29.5 Å². The van der Waals surface area contributed by atoms with Crippen molar-refractivity contribution < 1.29 is 22.8 Å². The lowest BCUT2D eigenvalue weighted by atomic mass is 9.78. The zero-order chi connectivity index (χ0) is 22.8. The Bertz CT molecular complexity index is 791. The van der Waals surface area contributed by atoms with Crippen molar-refractivity contribution in [2.75, 3.05) is 26.2 Å². The van der Waals surface area contributed by atoms with Gasteiger partial charge in [-0.05, 0) is 37.3 Å². The maximum absolute atomic E-state index is 13.3. The molecule has 0 spiro atoms. The summed E-state index contributed by atoms with van der Waals surface area (Å²) in [6.45, 7) is 7.74. The third kappa shape index (κ3) is 5.40. The van der Waals surface area contributed by atoms with Gasteiger partial charge in [0.1, 0.15) is 0 Å². The number of piperazine rings is 1. The number of carbonyl (C=O) groups is 2. The molecule has 8 heteroatoms. The van der Waals surface area contributed by atoms with Gasteiger partial charge in [-0.25, -0.2) is 0 Å². The predicted octanol–water partition coefficient (Wildman–Crippen LogP) is 3.79. The van der Waals surface area contributed by atoms with Crippen LogP contribution in [0.5, 0.6) is 0 Å². The minimum Gasteiger partial charge on any atom is -0.352 e. The molecule has 1 heterocycles. The normalized spacial score (nSPS) is 26.4. The van der Waals surface area contributed by atoms with Gasteiger partial charge in [0, 0.05) is 32.2 Å². The first-order valence-electron chi connectivity index (χ1n) is 11.1. The molecule has 0 radical (unpaired) electrons. The second-order valence-corrected chi connectivity index (χ2v) is 8.93. The molecule has 172 valence electrons. The van der Waals surface area contributed by atoms with Crippen molar-refractivity contribution in [2.45, 2.75) is 58.3 Å². The van der Waals surface area contributed by atoms with Crippen molar-refractivity contribution in [3.05, 3.63) is 35.4 Å². The zero-order valence-electron chi connectivity index (χ0n) is 18.4. The molecule has 2 aliphatic rings. The van der Waals surface area contributed by atoms with E-state index in [9.17, 15) is 22.8 Å². The van der Waals surface area contributed by atoms with Crippen LogP contribution in [0.15, 0.2) is 24.3 Å². The predicted molar refractivity (Wildman–Crippen MR) is 112 cm³/mol. The van der Waals surface area contributed by atoms with Gasteiger partial charge >= 0.3 is 6.18 Å². The van der Waals surface area contributed by atoms with Crippen molar-refractivity contribution in [3.8, 4) is 0 Å². The monoisotopic (exact) mass is 439 g/mol. The van der Waals surface area contributed by atoms with E-state index in [4.69, 9.17) is 0 Å². The van der Waals surface area contributed by atoms with Gasteiger partial charge in [0.25, 0.3) is 5.91 Å². The van der Waals surface area contributed by atoms with E-state index in [1.807, 2.05) is 11.8 Å². The van der Waals surface area contributed by atoms with Gasteiger partial charge in [-0.2, -0.15) is 13.2 Å². The van der Waals surface area contributed by atoms with Crippen LogP contribution in [0.4, 0.5) is 13.2 Å². The third-order valence-electron chi connectivity index (χ3n) is 7.03. The summed E-state index contributed by atoms with van der Waals surface area (Å²) in [7, 11) is 0. The molecule has 5 nitrogen and oxygen atoms in total. The average molecular weight is 440 g/mol. The van der Waals surface area contributed by atoms with Gasteiger partial charge in [-0.1, -0.05) is 38.8 Å². The van der Waals surface area contributed by atoms with Crippen LogP contribution in [0.1, 0.15) is 56.0 Å². The van der Waals surface area contributed by atoms with Crippen LogP contribution in [0.25, 0.3) is 0 Å². The molecule has 3 rings (SSSR count). The fraction of sp³-hybridized carbons (Fsp3) is 0.652. The van der Waals surface area contributed by atoms with Crippen LogP contribution >= 0.6 is 0 Å². The largest absolute Gasteiger partial charge is 0.417 e. The molecular weight excluding hydrogens is 407 g/mol. The third-order valence-corrected chi connectivity index (χ3v) is 7.03. The van der Waals surface area contributed by atoms with Gasteiger partial charge in [0.05, 0.1) is 17.2 Å². The molecule has 31 heavy (non-hydrogen) atoms. The van der Waals surface area contributed by atoms with E-state index in [0.29, 0.717) is 38.0 Å². The first kappa shape index (κ1) is 23.6. The molecule has 1 aromatic rings. The Balaban J connectivity index is 1.57. The summed E-state index contributed by atoms with van der Waals surface area (Å²) in [4.78, 5) is 29.0. The molecule has 2 amide bonds. The van der Waals surface area contributed by atoms with Crippen LogP contribution in [0, 0.1) is 11.8 Å². The van der Waals surface area contributed by atoms with Crippen LogP contribution in [-0.4, -0.2) is 59.9 Å². The smallest absolute Gasteiger partial charge is 0.352 e. The standard InChI is InChI=1S/C23H32F3N3O2/c1-15-7-6-10-20(16(15)2)27-21(30)17(3)28-11-13-29(14-12-28)22(31)18-8-4-5-9-19(18)23(24,25)26/h4-5,8-9,15-17,20H,6-7,10-14H2,1-3H3,(H,27,30). The topological polar surface area (TPSA) is 52.7 Å². The van der Waals surface area contributed by atoms with Crippen molar-refractivity contribution in [1.29, 1.82) is 0 Å². The fourth-order valence-corrected chi connectivity index (χ4v) is 4.65. The van der Waals surface area contributed by atoms with Crippen LogP contribution < -0.4 is 5.32 Å². The van der Waals surface area contributed by atoms with Gasteiger partial charge in [-0.3, -0.25) is 14.5 Å². The minimum absolute atomic E-state index is 0.0202. The molecule has 1 aliphatic heterocycles. The fourth-order valence-electron chi connectivity index (χ4n) is 4.65. The summed E-state index contributed by atoms with van der Waals surface area (Å²) in [5.74, 6) is 0.388.